The van der Waals surface area contributed by atoms with E-state index in [1.54, 1.807) is 12.1 Å². The summed E-state index contributed by atoms with van der Waals surface area (Å²) in [4.78, 5) is 38.9. The number of allylic oxidation sites excluding steroid dienone is 1. The van der Waals surface area contributed by atoms with Crippen molar-refractivity contribution in [2.45, 2.75) is 166 Å². The number of aliphatic hydroxyl groups excluding tert-OH is 4. The molecule has 63 heavy (non-hydrogen) atoms. The quantitative estimate of drug-likeness (QED) is 0.102. The molecule has 1 aromatic carbocycles. The predicted molar refractivity (Wildman–Crippen MR) is 223 cm³/mol. The van der Waals surface area contributed by atoms with E-state index in [0.29, 0.717) is 37.4 Å². The second-order valence-corrected chi connectivity index (χ2v) is 19.3. The first-order valence-electron chi connectivity index (χ1n) is 22.8. The van der Waals surface area contributed by atoms with Crippen molar-refractivity contribution < 1.29 is 77.8 Å². The largest absolute Gasteiger partial charge is 0.497 e. The number of ether oxygens (including phenoxy) is 8. The fourth-order valence-corrected chi connectivity index (χ4v) is 12.1. The van der Waals surface area contributed by atoms with Gasteiger partial charge < -0.3 is 63.4 Å². The summed E-state index contributed by atoms with van der Waals surface area (Å²) >= 11 is 0. The van der Waals surface area contributed by atoms with Gasteiger partial charge >= 0.3 is 17.9 Å². The highest BCUT2D eigenvalue weighted by Crippen LogP contribution is 2.69. The molecule has 5 fully saturated rings. The normalized spacial score (nSPS) is 41.5. The van der Waals surface area contributed by atoms with Gasteiger partial charge in [0.2, 0.25) is 0 Å². The van der Waals surface area contributed by atoms with Gasteiger partial charge in [0.05, 0.1) is 44.7 Å². The molecule has 4 aliphatic carbocycles. The minimum absolute atomic E-state index is 0.0379. The van der Waals surface area contributed by atoms with Gasteiger partial charge in [0.25, 0.3) is 0 Å². The van der Waals surface area contributed by atoms with E-state index in [1.807, 2.05) is 13.8 Å². The first-order chi connectivity index (χ1) is 29.9. The number of carbonyl (C=O) groups is 3. The monoisotopic (exact) mass is 888 g/mol. The van der Waals surface area contributed by atoms with Crippen molar-refractivity contribution in [3.05, 3.63) is 41.5 Å². The van der Waals surface area contributed by atoms with Crippen LogP contribution in [0.5, 0.6) is 5.75 Å². The SMILES string of the molecule is CCCCC(=O)OC[C@@H](C)[C@@]1(O)[C@@H](O[C@@H]2OC[C@H](O)[C@H](O[C@@H]3OC[C@@H](O)[C@H](O)[C@H]3OC(=O)c3ccc(OC)cc3)[C@H]2OC(C)=O)C[C@H]2[C@@H]3CC=C4C[C@@H](O)CC[C@]4(C)[C@H]3CC[C@@]21C. The topological polar surface area (TPSA) is 226 Å². The molecular formula is C47H68O16. The molecule has 7 rings (SSSR count). The molecule has 0 unspecified atom stereocenters. The van der Waals surface area contributed by atoms with Crippen molar-refractivity contribution in [2.75, 3.05) is 26.9 Å². The number of hydrogen-bond acceptors (Lipinski definition) is 16. The Morgan fingerprint density at radius 3 is 2.27 bits per heavy atom. The van der Waals surface area contributed by atoms with Crippen LogP contribution in [-0.2, 0) is 42.7 Å². The summed E-state index contributed by atoms with van der Waals surface area (Å²) in [6, 6.07) is 6.04. The summed E-state index contributed by atoms with van der Waals surface area (Å²) in [6.45, 7) is 8.64. The van der Waals surface area contributed by atoms with Crippen LogP contribution in [0.2, 0.25) is 0 Å². The highest BCUT2D eigenvalue weighted by molar-refractivity contribution is 5.89. The second-order valence-electron chi connectivity index (χ2n) is 19.3. The van der Waals surface area contributed by atoms with Gasteiger partial charge in [0.1, 0.15) is 35.8 Å². The molecule has 2 aliphatic heterocycles. The second kappa shape index (κ2) is 19.3. The fourth-order valence-electron chi connectivity index (χ4n) is 12.1. The molecule has 16 heteroatoms. The Morgan fingerprint density at radius 2 is 1.59 bits per heavy atom. The van der Waals surface area contributed by atoms with Gasteiger partial charge in [-0.05, 0) is 98.8 Å². The number of rotatable bonds is 14. The summed E-state index contributed by atoms with van der Waals surface area (Å²) in [5.74, 6) is -1.60. The Labute approximate surface area is 369 Å². The average Bonchev–Trinajstić information content (AvgIpc) is 3.49. The zero-order chi connectivity index (χ0) is 45.4. The van der Waals surface area contributed by atoms with E-state index in [0.717, 1.165) is 32.1 Å². The third-order valence-corrected chi connectivity index (χ3v) is 15.6. The van der Waals surface area contributed by atoms with Crippen LogP contribution in [0.15, 0.2) is 35.9 Å². The number of hydrogen-bond donors (Lipinski definition) is 5. The molecule has 0 bridgehead atoms. The summed E-state index contributed by atoms with van der Waals surface area (Å²) < 4.78 is 47.5. The van der Waals surface area contributed by atoms with Gasteiger partial charge in [-0.1, -0.05) is 45.8 Å². The van der Waals surface area contributed by atoms with Crippen molar-refractivity contribution in [2.24, 2.45) is 34.5 Å². The molecular weight excluding hydrogens is 821 g/mol. The van der Waals surface area contributed by atoms with Crippen LogP contribution in [0.3, 0.4) is 0 Å². The summed E-state index contributed by atoms with van der Waals surface area (Å²) in [7, 11) is 1.48. The molecule has 0 amide bonds. The molecule has 0 aromatic heterocycles. The van der Waals surface area contributed by atoms with E-state index in [2.05, 4.69) is 19.9 Å². The average molecular weight is 889 g/mol. The predicted octanol–water partition coefficient (Wildman–Crippen LogP) is 3.75. The van der Waals surface area contributed by atoms with E-state index in [1.165, 1.54) is 31.7 Å². The van der Waals surface area contributed by atoms with Crippen molar-refractivity contribution in [1.82, 2.24) is 0 Å². The minimum atomic E-state index is -1.66. The molecule has 2 heterocycles. The standard InChI is InChI=1S/C47H68O16/c1-7-8-9-37(52)57-22-25(2)47(55)36(21-33-31-15-12-28-20-29(49)16-18-45(28,4)32(31)17-19-46(33,47)5)61-44-41(60-26(3)48)39(35(51)24-59-44)63-43-40(38(53)34(50)23-58-43)62-42(54)27-10-13-30(56-6)14-11-27/h10-14,25,29,31-36,38-41,43-44,49-51,53,55H,7-9,15-24H2,1-6H3/t25-,29+,31-,32+,33+,34-,35+,36+,38+,39+,40-,41-,43+,44+,45+,46+,47-/m1/s1. The van der Waals surface area contributed by atoms with Gasteiger partial charge in [-0.15, -0.1) is 0 Å². The molecule has 1 aromatic rings. The zero-order valence-electron chi connectivity index (χ0n) is 37.4. The van der Waals surface area contributed by atoms with E-state index < -0.39 is 90.8 Å². The van der Waals surface area contributed by atoms with Gasteiger partial charge in [0.15, 0.2) is 24.8 Å². The molecule has 0 radical (unpaired) electrons. The molecule has 3 saturated carbocycles. The van der Waals surface area contributed by atoms with Crippen LogP contribution < -0.4 is 4.74 Å². The third kappa shape index (κ3) is 9.18. The molecule has 5 N–H and O–H groups in total. The lowest BCUT2D eigenvalue weighted by Crippen LogP contribution is -2.64. The van der Waals surface area contributed by atoms with Crippen LogP contribution in [-0.4, -0.2) is 137 Å². The van der Waals surface area contributed by atoms with Crippen molar-refractivity contribution in [3.8, 4) is 5.75 Å². The Hall–Kier alpha value is -3.19. The highest BCUT2D eigenvalue weighted by Gasteiger charge is 2.70. The molecule has 17 atom stereocenters. The van der Waals surface area contributed by atoms with Crippen LogP contribution in [0, 0.1) is 34.5 Å². The van der Waals surface area contributed by atoms with E-state index in [9.17, 15) is 39.9 Å². The first kappa shape index (κ1) is 47.8. The number of esters is 3. The number of aliphatic hydroxyl groups is 5. The summed E-state index contributed by atoms with van der Waals surface area (Å²) in [5, 5.41) is 57.1. The minimum Gasteiger partial charge on any atom is -0.497 e. The maximum atomic E-state index is 13.4. The van der Waals surface area contributed by atoms with Gasteiger partial charge in [-0.25, -0.2) is 4.79 Å². The summed E-state index contributed by atoms with van der Waals surface area (Å²) in [5.41, 5.74) is -0.944. The number of methoxy groups -OCH3 is 1. The van der Waals surface area contributed by atoms with Crippen LogP contribution in [0.4, 0.5) is 0 Å². The van der Waals surface area contributed by atoms with E-state index >= 15 is 0 Å². The summed E-state index contributed by atoms with van der Waals surface area (Å²) in [6.07, 6.45) is -4.19. The molecule has 16 nitrogen and oxygen atoms in total. The van der Waals surface area contributed by atoms with Gasteiger partial charge in [-0.2, -0.15) is 0 Å². The molecule has 352 valence electrons. The van der Waals surface area contributed by atoms with E-state index in [4.69, 9.17) is 37.9 Å². The van der Waals surface area contributed by atoms with Gasteiger partial charge in [-0.3, -0.25) is 9.59 Å². The molecule has 2 saturated heterocycles. The van der Waals surface area contributed by atoms with E-state index in [-0.39, 0.29) is 54.5 Å². The Balaban J connectivity index is 1.17. The highest BCUT2D eigenvalue weighted by atomic mass is 16.8. The van der Waals surface area contributed by atoms with Crippen LogP contribution >= 0.6 is 0 Å². The van der Waals surface area contributed by atoms with Gasteiger partial charge in [0, 0.05) is 24.7 Å². The van der Waals surface area contributed by atoms with Crippen molar-refractivity contribution >= 4 is 17.9 Å². The Kier molecular flexibility index (Phi) is 14.7. The number of carbonyl (C=O) groups excluding carboxylic acids is 3. The maximum absolute atomic E-state index is 13.4. The molecule has 0 spiro atoms. The van der Waals surface area contributed by atoms with Crippen molar-refractivity contribution in [3.63, 3.8) is 0 Å². The van der Waals surface area contributed by atoms with Crippen molar-refractivity contribution in [1.29, 1.82) is 0 Å². The lowest BCUT2D eigenvalue weighted by molar-refractivity contribution is -0.345. The third-order valence-electron chi connectivity index (χ3n) is 15.6. The fraction of sp³-hybridized carbons (Fsp3) is 0.766. The lowest BCUT2D eigenvalue weighted by atomic mass is 9.46. The Morgan fingerprint density at radius 1 is 0.889 bits per heavy atom. The smallest absolute Gasteiger partial charge is 0.338 e. The molecule has 6 aliphatic rings. The lowest BCUT2D eigenvalue weighted by Gasteiger charge is -2.59. The zero-order valence-corrected chi connectivity index (χ0v) is 37.4. The first-order valence-corrected chi connectivity index (χ1v) is 22.8. The number of fused-ring (bicyclic) bond motifs is 5. The number of benzene rings is 1. The van der Waals surface area contributed by atoms with Crippen LogP contribution in [0.25, 0.3) is 0 Å². The maximum Gasteiger partial charge on any atom is 0.338 e. The van der Waals surface area contributed by atoms with Crippen LogP contribution in [0.1, 0.15) is 109 Å². The Bertz CT molecular complexity index is 1800. The number of unbranched alkanes of at least 4 members (excludes halogenated alkanes) is 1.